The van der Waals surface area contributed by atoms with Crippen molar-refractivity contribution in [3.8, 4) is 17.2 Å². The summed E-state index contributed by atoms with van der Waals surface area (Å²) in [7, 11) is -3.31. The summed E-state index contributed by atoms with van der Waals surface area (Å²) in [6.07, 6.45) is 4.62. The monoisotopic (exact) mass is 571 g/mol. The minimum absolute atomic E-state index is 0.0261. The smallest absolute Gasteiger partial charge is 0.239 e. The first kappa shape index (κ1) is 30.1. The standard InChI is InChI=1S/C31H39FNO6P/c32-30-19-28(15-16-31(30)38-21-25-7-3-1-4-8-25)37-22-26(34)20-33-18-17-24-11-13-27(14-12-24)39-23-40(35,36)29-9-5-2-6-10-29/h1,3-4,7-8,11-16,19,26,29,33-34H,2,5-6,9-10,17-18,20-23H2,(H,35,36)/t26-/m0/s1. The van der Waals surface area contributed by atoms with Gasteiger partial charge in [0, 0.05) is 18.3 Å². The molecule has 0 spiro atoms. The zero-order valence-electron chi connectivity index (χ0n) is 22.7. The fourth-order valence-corrected chi connectivity index (χ4v) is 6.40. The van der Waals surface area contributed by atoms with E-state index in [0.717, 1.165) is 49.7 Å². The molecule has 7 nitrogen and oxygen atoms in total. The van der Waals surface area contributed by atoms with Crippen LogP contribution in [0.3, 0.4) is 0 Å². The Morgan fingerprint density at radius 2 is 1.62 bits per heavy atom. The van der Waals surface area contributed by atoms with Crippen LogP contribution in [0.25, 0.3) is 0 Å². The zero-order chi connectivity index (χ0) is 28.2. The van der Waals surface area contributed by atoms with E-state index in [2.05, 4.69) is 5.32 Å². The van der Waals surface area contributed by atoms with Crippen LogP contribution in [0.2, 0.25) is 0 Å². The fraction of sp³-hybridized carbons (Fsp3) is 0.419. The highest BCUT2D eigenvalue weighted by atomic mass is 31.2. The SMILES string of the molecule is O=P(O)(COc1ccc(CCNC[C@H](O)COc2ccc(OCc3ccccc3)c(F)c2)cc1)C1CCCCC1. The lowest BCUT2D eigenvalue weighted by atomic mass is 10.0. The Balaban J connectivity index is 1.10. The van der Waals surface area contributed by atoms with Gasteiger partial charge in [-0.25, -0.2) is 4.39 Å². The first-order chi connectivity index (χ1) is 19.4. The molecule has 2 atom stereocenters. The van der Waals surface area contributed by atoms with Gasteiger partial charge in [-0.05, 0) is 61.2 Å². The maximum atomic E-state index is 14.4. The van der Waals surface area contributed by atoms with Crippen molar-refractivity contribution in [3.05, 3.63) is 89.7 Å². The van der Waals surface area contributed by atoms with E-state index < -0.39 is 19.3 Å². The molecule has 0 bridgehead atoms. The molecule has 1 unspecified atom stereocenters. The second kappa shape index (κ2) is 15.2. The molecule has 1 saturated carbocycles. The van der Waals surface area contributed by atoms with Crippen molar-refractivity contribution in [1.29, 1.82) is 0 Å². The molecule has 0 amide bonds. The van der Waals surface area contributed by atoms with Gasteiger partial charge in [-0.1, -0.05) is 61.7 Å². The number of rotatable bonds is 15. The van der Waals surface area contributed by atoms with Gasteiger partial charge in [0.15, 0.2) is 17.9 Å². The summed E-state index contributed by atoms with van der Waals surface area (Å²) in [6.45, 7) is 1.27. The number of benzene rings is 3. The Labute approximate surface area is 235 Å². The third kappa shape index (κ3) is 9.63. The summed E-state index contributed by atoms with van der Waals surface area (Å²) < 4.78 is 43.7. The molecule has 1 aliphatic rings. The van der Waals surface area contributed by atoms with Gasteiger partial charge in [-0.3, -0.25) is 4.57 Å². The third-order valence-corrected chi connectivity index (χ3v) is 9.19. The number of hydrogen-bond acceptors (Lipinski definition) is 6. The molecule has 216 valence electrons. The summed E-state index contributed by atoms with van der Waals surface area (Å²) in [5.74, 6) is 0.529. The fourth-order valence-electron chi connectivity index (χ4n) is 4.69. The van der Waals surface area contributed by atoms with E-state index in [9.17, 15) is 19.0 Å². The van der Waals surface area contributed by atoms with Gasteiger partial charge in [-0.15, -0.1) is 0 Å². The highest BCUT2D eigenvalue weighted by Gasteiger charge is 2.32. The average molecular weight is 572 g/mol. The first-order valence-corrected chi connectivity index (χ1v) is 15.8. The van der Waals surface area contributed by atoms with Crippen LogP contribution >= 0.6 is 7.37 Å². The number of aliphatic hydroxyl groups excluding tert-OH is 1. The van der Waals surface area contributed by atoms with Crippen LogP contribution < -0.4 is 19.5 Å². The van der Waals surface area contributed by atoms with E-state index in [1.165, 1.54) is 12.1 Å². The number of ether oxygens (including phenoxy) is 3. The summed E-state index contributed by atoms with van der Waals surface area (Å²) in [5.41, 5.74) is 1.89. The van der Waals surface area contributed by atoms with E-state index in [1.807, 2.05) is 54.6 Å². The quantitative estimate of drug-likeness (QED) is 0.154. The number of hydrogen-bond donors (Lipinski definition) is 3. The van der Waals surface area contributed by atoms with Gasteiger partial charge in [0.05, 0.1) is 0 Å². The minimum Gasteiger partial charge on any atom is -0.491 e. The molecule has 3 N–H and O–H groups in total. The third-order valence-electron chi connectivity index (χ3n) is 7.04. The summed E-state index contributed by atoms with van der Waals surface area (Å²) in [4.78, 5) is 10.4. The molecule has 3 aromatic rings. The predicted molar refractivity (Wildman–Crippen MR) is 154 cm³/mol. The molecule has 1 aliphatic carbocycles. The molecule has 9 heteroatoms. The van der Waals surface area contributed by atoms with Crippen molar-refractivity contribution < 1.29 is 33.2 Å². The van der Waals surface area contributed by atoms with Gasteiger partial charge in [0.2, 0.25) is 7.37 Å². The van der Waals surface area contributed by atoms with Crippen LogP contribution in [0.15, 0.2) is 72.8 Å². The molecule has 0 heterocycles. The average Bonchev–Trinajstić information content (AvgIpc) is 2.98. The molecule has 1 fully saturated rings. The Morgan fingerprint density at radius 1 is 0.900 bits per heavy atom. The van der Waals surface area contributed by atoms with Crippen LogP contribution in [0, 0.1) is 5.82 Å². The van der Waals surface area contributed by atoms with Gasteiger partial charge in [0.25, 0.3) is 0 Å². The number of nitrogens with one attached hydrogen (secondary N) is 1. The predicted octanol–water partition coefficient (Wildman–Crippen LogP) is 5.92. The topological polar surface area (TPSA) is 97.3 Å². The molecular weight excluding hydrogens is 532 g/mol. The highest BCUT2D eigenvalue weighted by molar-refractivity contribution is 7.58. The Bertz CT molecular complexity index is 1220. The van der Waals surface area contributed by atoms with Crippen LogP contribution in [-0.4, -0.2) is 47.8 Å². The summed E-state index contributed by atoms with van der Waals surface area (Å²) >= 11 is 0. The maximum Gasteiger partial charge on any atom is 0.239 e. The minimum atomic E-state index is -3.31. The van der Waals surface area contributed by atoms with Crippen LogP contribution in [-0.2, 0) is 17.6 Å². The normalized spacial score (nSPS) is 16.2. The van der Waals surface area contributed by atoms with E-state index in [1.54, 1.807) is 6.07 Å². The maximum absolute atomic E-state index is 14.4. The van der Waals surface area contributed by atoms with Crippen LogP contribution in [0.5, 0.6) is 17.2 Å². The van der Waals surface area contributed by atoms with E-state index >= 15 is 0 Å². The second-order valence-electron chi connectivity index (χ2n) is 10.3. The van der Waals surface area contributed by atoms with Crippen LogP contribution in [0.1, 0.15) is 43.2 Å². The molecule has 40 heavy (non-hydrogen) atoms. The van der Waals surface area contributed by atoms with Crippen molar-refractivity contribution in [3.63, 3.8) is 0 Å². The Morgan fingerprint density at radius 3 is 2.35 bits per heavy atom. The lowest BCUT2D eigenvalue weighted by molar-refractivity contribution is 0.106. The zero-order valence-corrected chi connectivity index (χ0v) is 23.6. The lowest BCUT2D eigenvalue weighted by Gasteiger charge is -2.26. The molecule has 0 radical (unpaired) electrons. The summed E-state index contributed by atoms with van der Waals surface area (Å²) in [5, 5.41) is 13.4. The van der Waals surface area contributed by atoms with Crippen molar-refractivity contribution in [2.45, 2.75) is 56.9 Å². The first-order valence-electron chi connectivity index (χ1n) is 13.9. The van der Waals surface area contributed by atoms with Gasteiger partial charge in [0.1, 0.15) is 30.8 Å². The van der Waals surface area contributed by atoms with Crippen molar-refractivity contribution in [2.75, 3.05) is 26.0 Å². The van der Waals surface area contributed by atoms with Crippen molar-refractivity contribution in [1.82, 2.24) is 5.32 Å². The molecule has 3 aromatic carbocycles. The molecule has 0 aliphatic heterocycles. The highest BCUT2D eigenvalue weighted by Crippen LogP contribution is 2.51. The van der Waals surface area contributed by atoms with Gasteiger partial charge >= 0.3 is 0 Å². The van der Waals surface area contributed by atoms with Crippen LogP contribution in [0.4, 0.5) is 4.39 Å². The van der Waals surface area contributed by atoms with E-state index in [0.29, 0.717) is 24.6 Å². The lowest BCUT2D eigenvalue weighted by Crippen LogP contribution is -2.32. The Hall–Kier alpha value is -2.90. The molecule has 4 rings (SSSR count). The number of aliphatic hydroxyl groups is 1. The van der Waals surface area contributed by atoms with E-state index in [-0.39, 0.29) is 31.0 Å². The largest absolute Gasteiger partial charge is 0.491 e. The van der Waals surface area contributed by atoms with Crippen molar-refractivity contribution in [2.24, 2.45) is 0 Å². The molecular formula is C31H39FNO6P. The van der Waals surface area contributed by atoms with Gasteiger partial charge < -0.3 is 29.5 Å². The summed E-state index contributed by atoms with van der Waals surface area (Å²) in [6, 6.07) is 21.4. The van der Waals surface area contributed by atoms with Gasteiger partial charge in [-0.2, -0.15) is 0 Å². The number of halogens is 1. The Kier molecular flexibility index (Phi) is 11.4. The van der Waals surface area contributed by atoms with Crippen molar-refractivity contribution >= 4 is 7.37 Å². The second-order valence-corrected chi connectivity index (χ2v) is 12.8. The molecule has 0 saturated heterocycles. The molecule has 0 aromatic heterocycles. The van der Waals surface area contributed by atoms with E-state index in [4.69, 9.17) is 14.2 Å².